The van der Waals surface area contributed by atoms with Crippen LogP contribution in [-0.2, 0) is 20.7 Å². The van der Waals surface area contributed by atoms with E-state index in [0.29, 0.717) is 12.1 Å². The lowest BCUT2D eigenvalue weighted by Gasteiger charge is -2.11. The number of carbonyl (C=O) groups is 2. The minimum atomic E-state index is -0.353. The molecule has 1 aliphatic carbocycles. The fraction of sp³-hybridized carbons (Fsp3) is 0.500. The number of benzene rings is 1. The second kappa shape index (κ2) is 7.67. The zero-order valence-corrected chi connectivity index (χ0v) is 12.1. The highest BCUT2D eigenvalue weighted by Gasteiger charge is 2.17. The topological polar surface area (TPSA) is 81.4 Å². The Labute approximate surface area is 124 Å². The van der Waals surface area contributed by atoms with Gasteiger partial charge in [0, 0.05) is 18.2 Å². The first kappa shape index (κ1) is 15.4. The van der Waals surface area contributed by atoms with Gasteiger partial charge in [-0.1, -0.05) is 25.0 Å². The summed E-state index contributed by atoms with van der Waals surface area (Å²) in [5, 5.41) is 2.88. The van der Waals surface area contributed by atoms with Crippen LogP contribution in [0.5, 0.6) is 0 Å². The van der Waals surface area contributed by atoms with Gasteiger partial charge in [0.2, 0.25) is 0 Å². The Morgan fingerprint density at radius 3 is 2.52 bits per heavy atom. The monoisotopic (exact) mass is 290 g/mol. The average molecular weight is 290 g/mol. The largest absolute Gasteiger partial charge is 0.456 e. The predicted octanol–water partition coefficient (Wildman–Crippen LogP) is 1.80. The fourth-order valence-corrected chi connectivity index (χ4v) is 2.49. The van der Waals surface area contributed by atoms with Crippen molar-refractivity contribution in [2.45, 2.75) is 44.6 Å². The number of ether oxygens (including phenoxy) is 1. The van der Waals surface area contributed by atoms with Crippen LogP contribution in [0.25, 0.3) is 0 Å². The van der Waals surface area contributed by atoms with E-state index in [1.54, 1.807) is 12.1 Å². The lowest BCUT2D eigenvalue weighted by Crippen LogP contribution is -2.35. The van der Waals surface area contributed by atoms with Crippen LogP contribution in [0.3, 0.4) is 0 Å². The molecule has 1 saturated carbocycles. The van der Waals surface area contributed by atoms with Gasteiger partial charge in [0.1, 0.15) is 0 Å². The lowest BCUT2D eigenvalue weighted by molar-refractivity contribution is -0.148. The summed E-state index contributed by atoms with van der Waals surface area (Å²) < 4.78 is 4.98. The minimum Gasteiger partial charge on any atom is -0.456 e. The highest BCUT2D eigenvalue weighted by atomic mass is 16.5. The quantitative estimate of drug-likeness (QED) is 0.618. The molecule has 0 aromatic heterocycles. The van der Waals surface area contributed by atoms with Crippen molar-refractivity contribution in [3.63, 3.8) is 0 Å². The van der Waals surface area contributed by atoms with Crippen LogP contribution in [0.15, 0.2) is 24.3 Å². The number of nitrogens with one attached hydrogen (secondary N) is 1. The summed E-state index contributed by atoms with van der Waals surface area (Å²) in [4.78, 5) is 23.2. The lowest BCUT2D eigenvalue weighted by atomic mass is 10.1. The van der Waals surface area contributed by atoms with Gasteiger partial charge in [0.05, 0.1) is 0 Å². The number of amides is 1. The van der Waals surface area contributed by atoms with E-state index in [9.17, 15) is 9.59 Å². The Kier molecular flexibility index (Phi) is 5.60. The first-order valence-corrected chi connectivity index (χ1v) is 7.43. The molecule has 1 amide bonds. The van der Waals surface area contributed by atoms with Gasteiger partial charge in [-0.05, 0) is 37.0 Å². The molecule has 0 aliphatic heterocycles. The minimum absolute atomic E-state index is 0.183. The standard InChI is InChI=1S/C16H22N2O3/c17-13-8-5-12(6-9-13)7-10-16(20)21-11-15(19)18-14-3-1-2-4-14/h5-6,8-9,14H,1-4,7,10-11,17H2,(H,18,19). The van der Waals surface area contributed by atoms with E-state index in [1.165, 1.54) is 0 Å². The molecule has 1 aromatic rings. The van der Waals surface area contributed by atoms with Crippen LogP contribution in [0.2, 0.25) is 0 Å². The number of hydrogen-bond donors (Lipinski definition) is 2. The summed E-state index contributed by atoms with van der Waals surface area (Å²) >= 11 is 0. The van der Waals surface area contributed by atoms with E-state index in [1.807, 2.05) is 12.1 Å². The van der Waals surface area contributed by atoms with Crippen molar-refractivity contribution in [1.82, 2.24) is 5.32 Å². The number of aryl methyl sites for hydroxylation is 1. The van der Waals surface area contributed by atoms with E-state index in [4.69, 9.17) is 10.5 Å². The second-order valence-electron chi connectivity index (χ2n) is 5.45. The molecule has 0 saturated heterocycles. The molecule has 0 atom stereocenters. The molecule has 5 nitrogen and oxygen atoms in total. The second-order valence-corrected chi connectivity index (χ2v) is 5.45. The summed E-state index contributed by atoms with van der Waals surface area (Å²) in [6.07, 6.45) is 5.22. The van der Waals surface area contributed by atoms with Crippen LogP contribution in [0, 0.1) is 0 Å². The summed E-state index contributed by atoms with van der Waals surface area (Å²) in [5.74, 6) is -0.559. The molecule has 2 rings (SSSR count). The molecule has 114 valence electrons. The van der Waals surface area contributed by atoms with Crippen molar-refractivity contribution >= 4 is 17.6 Å². The zero-order chi connectivity index (χ0) is 15.1. The maximum absolute atomic E-state index is 11.6. The molecule has 21 heavy (non-hydrogen) atoms. The molecule has 0 unspecified atom stereocenters. The van der Waals surface area contributed by atoms with Gasteiger partial charge in [-0.2, -0.15) is 0 Å². The number of rotatable bonds is 6. The van der Waals surface area contributed by atoms with Gasteiger partial charge in [0.25, 0.3) is 5.91 Å². The maximum atomic E-state index is 11.6. The Bertz CT molecular complexity index is 479. The van der Waals surface area contributed by atoms with E-state index in [2.05, 4.69) is 5.32 Å². The van der Waals surface area contributed by atoms with E-state index >= 15 is 0 Å². The van der Waals surface area contributed by atoms with Gasteiger partial charge < -0.3 is 15.8 Å². The van der Waals surface area contributed by atoms with E-state index in [-0.39, 0.29) is 30.9 Å². The smallest absolute Gasteiger partial charge is 0.306 e. The Morgan fingerprint density at radius 2 is 1.86 bits per heavy atom. The zero-order valence-electron chi connectivity index (χ0n) is 12.1. The summed E-state index contributed by atoms with van der Waals surface area (Å²) in [7, 11) is 0. The molecule has 0 heterocycles. The van der Waals surface area contributed by atoms with Gasteiger partial charge in [0.15, 0.2) is 6.61 Å². The van der Waals surface area contributed by atoms with Crippen molar-refractivity contribution in [3.8, 4) is 0 Å². The third-order valence-electron chi connectivity index (χ3n) is 3.68. The Morgan fingerprint density at radius 1 is 1.19 bits per heavy atom. The average Bonchev–Trinajstić information content (AvgIpc) is 2.97. The first-order valence-electron chi connectivity index (χ1n) is 7.43. The number of esters is 1. The SMILES string of the molecule is Nc1ccc(CCC(=O)OCC(=O)NC2CCCC2)cc1. The van der Waals surface area contributed by atoms with Gasteiger partial charge >= 0.3 is 5.97 Å². The molecule has 0 radical (unpaired) electrons. The van der Waals surface area contributed by atoms with Crippen LogP contribution in [-0.4, -0.2) is 24.5 Å². The number of nitrogen functional groups attached to an aromatic ring is 1. The van der Waals surface area contributed by atoms with Crippen molar-refractivity contribution in [2.24, 2.45) is 0 Å². The van der Waals surface area contributed by atoms with Crippen molar-refractivity contribution in [1.29, 1.82) is 0 Å². The third-order valence-corrected chi connectivity index (χ3v) is 3.68. The van der Waals surface area contributed by atoms with E-state index in [0.717, 1.165) is 31.2 Å². The summed E-state index contributed by atoms with van der Waals surface area (Å²) in [6, 6.07) is 7.63. The first-order chi connectivity index (χ1) is 10.1. The highest BCUT2D eigenvalue weighted by molar-refractivity contribution is 5.80. The number of anilines is 1. The molecule has 5 heteroatoms. The number of carbonyl (C=O) groups excluding carboxylic acids is 2. The van der Waals surface area contributed by atoms with Crippen molar-refractivity contribution in [3.05, 3.63) is 29.8 Å². The third kappa shape index (κ3) is 5.45. The molecular formula is C16H22N2O3. The van der Waals surface area contributed by atoms with Gasteiger partial charge in [-0.3, -0.25) is 9.59 Å². The van der Waals surface area contributed by atoms with Crippen LogP contribution < -0.4 is 11.1 Å². The number of nitrogens with two attached hydrogens (primary N) is 1. The Balaban J connectivity index is 1.62. The van der Waals surface area contributed by atoms with Gasteiger partial charge in [-0.15, -0.1) is 0 Å². The molecular weight excluding hydrogens is 268 g/mol. The number of hydrogen-bond acceptors (Lipinski definition) is 4. The van der Waals surface area contributed by atoms with Crippen LogP contribution >= 0.6 is 0 Å². The highest BCUT2D eigenvalue weighted by Crippen LogP contribution is 2.17. The summed E-state index contributed by atoms with van der Waals surface area (Å²) in [5.41, 5.74) is 7.32. The molecule has 1 aromatic carbocycles. The molecule has 3 N–H and O–H groups in total. The Hall–Kier alpha value is -2.04. The molecule has 0 bridgehead atoms. The van der Waals surface area contributed by atoms with Crippen molar-refractivity contribution in [2.75, 3.05) is 12.3 Å². The maximum Gasteiger partial charge on any atom is 0.306 e. The molecule has 1 aliphatic rings. The fourth-order valence-electron chi connectivity index (χ4n) is 2.49. The normalized spacial score (nSPS) is 14.9. The van der Waals surface area contributed by atoms with Crippen molar-refractivity contribution < 1.29 is 14.3 Å². The molecule has 1 fully saturated rings. The predicted molar refractivity (Wildman–Crippen MR) is 80.5 cm³/mol. The van der Waals surface area contributed by atoms with Gasteiger partial charge in [-0.25, -0.2) is 0 Å². The van der Waals surface area contributed by atoms with Crippen LogP contribution in [0.4, 0.5) is 5.69 Å². The summed E-state index contributed by atoms with van der Waals surface area (Å²) in [6.45, 7) is -0.183. The van der Waals surface area contributed by atoms with E-state index < -0.39 is 0 Å². The molecule has 0 spiro atoms. The van der Waals surface area contributed by atoms with Crippen LogP contribution in [0.1, 0.15) is 37.7 Å².